The molecule has 1 fully saturated rings. The van der Waals surface area contributed by atoms with Gasteiger partial charge in [-0.1, -0.05) is 12.8 Å². The van der Waals surface area contributed by atoms with Gasteiger partial charge in [0.2, 0.25) is 0 Å². The first-order valence-corrected chi connectivity index (χ1v) is 7.64. The zero-order chi connectivity index (χ0) is 16.7. The summed E-state index contributed by atoms with van der Waals surface area (Å²) in [5.41, 5.74) is 0.260. The maximum atomic E-state index is 13.8. The predicted molar refractivity (Wildman–Crippen MR) is 84.6 cm³/mol. The molecule has 5 nitrogen and oxygen atoms in total. The molecule has 0 bridgehead atoms. The van der Waals surface area contributed by atoms with Crippen LogP contribution < -0.4 is 10.1 Å². The molecule has 1 heterocycles. The molecular weight excluding hydrogens is 299 g/mol. The van der Waals surface area contributed by atoms with Gasteiger partial charge in [0.15, 0.2) is 0 Å². The second-order valence-electron chi connectivity index (χ2n) is 5.26. The number of benzene rings is 1. The van der Waals surface area contributed by atoms with Crippen molar-refractivity contribution in [1.82, 2.24) is 10.2 Å². The summed E-state index contributed by atoms with van der Waals surface area (Å²) in [5, 5.41) is 3.24. The Balaban J connectivity index is 1.96. The number of hydrogen-bond acceptors (Lipinski definition) is 4. The summed E-state index contributed by atoms with van der Waals surface area (Å²) in [5.74, 6) is 2.34. The monoisotopic (exact) mass is 320 g/mol. The van der Waals surface area contributed by atoms with E-state index in [1.54, 1.807) is 4.90 Å². The smallest absolute Gasteiger partial charge is 0.410 e. The lowest BCUT2D eigenvalue weighted by atomic mass is 10.1. The molecule has 0 saturated carbocycles. The van der Waals surface area contributed by atoms with Crippen LogP contribution in [0.1, 0.15) is 18.9 Å². The van der Waals surface area contributed by atoms with E-state index in [-0.39, 0.29) is 24.8 Å². The molecule has 0 aliphatic carbocycles. The van der Waals surface area contributed by atoms with Gasteiger partial charge in [-0.2, -0.15) is 0 Å². The molecule has 23 heavy (non-hydrogen) atoms. The number of carbonyl (C=O) groups is 1. The first kappa shape index (κ1) is 17.1. The van der Waals surface area contributed by atoms with Crippen LogP contribution in [0.15, 0.2) is 18.2 Å². The quantitative estimate of drug-likeness (QED) is 0.845. The van der Waals surface area contributed by atoms with Crippen LogP contribution in [0.25, 0.3) is 0 Å². The highest BCUT2D eigenvalue weighted by molar-refractivity contribution is 5.68. The summed E-state index contributed by atoms with van der Waals surface area (Å²) in [4.78, 5) is 13.9. The van der Waals surface area contributed by atoms with E-state index in [1.165, 1.54) is 18.2 Å². The lowest BCUT2D eigenvalue weighted by Gasteiger charge is -2.34. The van der Waals surface area contributed by atoms with Crippen LogP contribution >= 0.6 is 0 Å². The minimum atomic E-state index is -0.446. The number of rotatable bonds is 5. The molecule has 0 radical (unpaired) electrons. The third-order valence-electron chi connectivity index (χ3n) is 3.75. The predicted octanol–water partition coefficient (Wildman–Crippen LogP) is 2.16. The number of halogens is 1. The number of nitrogens with one attached hydrogen (secondary N) is 1. The highest BCUT2D eigenvalue weighted by Gasteiger charge is 2.26. The van der Waals surface area contributed by atoms with Gasteiger partial charge in [0.05, 0.1) is 0 Å². The molecule has 1 saturated heterocycles. The minimum absolute atomic E-state index is 0.101. The van der Waals surface area contributed by atoms with Gasteiger partial charge >= 0.3 is 6.09 Å². The molecule has 1 amide bonds. The zero-order valence-corrected chi connectivity index (χ0v) is 13.2. The Morgan fingerprint density at radius 1 is 1.57 bits per heavy atom. The number of amides is 1. The Kier molecular flexibility index (Phi) is 6.24. The van der Waals surface area contributed by atoms with Crippen LogP contribution in [0, 0.1) is 18.2 Å². The molecule has 0 aromatic heterocycles. The van der Waals surface area contributed by atoms with E-state index in [4.69, 9.17) is 15.9 Å². The number of ether oxygens (including phenoxy) is 2. The summed E-state index contributed by atoms with van der Waals surface area (Å²) in [6, 6.07) is 4.36. The maximum absolute atomic E-state index is 13.8. The average Bonchev–Trinajstić information content (AvgIpc) is 2.59. The molecule has 6 heteroatoms. The molecule has 1 aromatic carbocycles. The highest BCUT2D eigenvalue weighted by atomic mass is 19.1. The molecule has 0 spiro atoms. The first-order chi connectivity index (χ1) is 11.2. The Bertz CT molecular complexity index is 586. The van der Waals surface area contributed by atoms with Crippen LogP contribution in [-0.4, -0.2) is 43.3 Å². The van der Waals surface area contributed by atoms with Crippen molar-refractivity contribution < 1.29 is 18.7 Å². The van der Waals surface area contributed by atoms with E-state index in [0.29, 0.717) is 12.3 Å². The summed E-state index contributed by atoms with van der Waals surface area (Å²) < 4.78 is 24.3. The van der Waals surface area contributed by atoms with Gasteiger partial charge in [0.25, 0.3) is 0 Å². The number of nitrogens with zero attached hydrogens (tertiary/aromatic N) is 1. The fraction of sp³-hybridized carbons (Fsp3) is 0.471. The molecule has 1 aromatic rings. The SMILES string of the molecule is C#CCOc1ccc(F)c(COC(=O)N2CCNCC2CC)c1. The van der Waals surface area contributed by atoms with Crippen LogP contribution in [0.5, 0.6) is 5.75 Å². The third-order valence-corrected chi connectivity index (χ3v) is 3.75. The number of carbonyl (C=O) groups excluding carboxylic acids is 1. The van der Waals surface area contributed by atoms with Crippen molar-refractivity contribution >= 4 is 6.09 Å². The van der Waals surface area contributed by atoms with Crippen molar-refractivity contribution in [2.45, 2.75) is 26.0 Å². The van der Waals surface area contributed by atoms with Gasteiger partial charge < -0.3 is 19.7 Å². The summed E-state index contributed by atoms with van der Waals surface area (Å²) >= 11 is 0. The fourth-order valence-corrected chi connectivity index (χ4v) is 2.46. The largest absolute Gasteiger partial charge is 0.481 e. The zero-order valence-electron chi connectivity index (χ0n) is 13.2. The van der Waals surface area contributed by atoms with Crippen LogP contribution in [0.3, 0.4) is 0 Å². The molecule has 124 valence electrons. The molecule has 2 rings (SSSR count). The van der Waals surface area contributed by atoms with Crippen LogP contribution in [0.4, 0.5) is 9.18 Å². The molecule has 1 atom stereocenters. The van der Waals surface area contributed by atoms with Gasteiger partial charge in [-0.25, -0.2) is 9.18 Å². The maximum Gasteiger partial charge on any atom is 0.410 e. The van der Waals surface area contributed by atoms with E-state index in [9.17, 15) is 9.18 Å². The van der Waals surface area contributed by atoms with E-state index >= 15 is 0 Å². The lowest BCUT2D eigenvalue weighted by Crippen LogP contribution is -2.53. The van der Waals surface area contributed by atoms with Crippen LogP contribution in [-0.2, 0) is 11.3 Å². The van der Waals surface area contributed by atoms with Crippen molar-refractivity contribution in [1.29, 1.82) is 0 Å². The number of hydrogen-bond donors (Lipinski definition) is 1. The van der Waals surface area contributed by atoms with E-state index in [0.717, 1.165) is 19.5 Å². The second-order valence-corrected chi connectivity index (χ2v) is 5.26. The number of terminal acetylenes is 1. The normalized spacial score (nSPS) is 17.4. The summed E-state index contributed by atoms with van der Waals surface area (Å²) in [6.07, 6.45) is 5.54. The Hall–Kier alpha value is -2.26. The van der Waals surface area contributed by atoms with Crippen molar-refractivity contribution in [3.8, 4) is 18.1 Å². The highest BCUT2D eigenvalue weighted by Crippen LogP contribution is 2.18. The topological polar surface area (TPSA) is 50.8 Å². The Labute approximate surface area is 135 Å². The van der Waals surface area contributed by atoms with Gasteiger partial charge in [-0.05, 0) is 24.6 Å². The molecule has 1 N–H and O–H groups in total. The minimum Gasteiger partial charge on any atom is -0.481 e. The first-order valence-electron chi connectivity index (χ1n) is 7.64. The van der Waals surface area contributed by atoms with E-state index in [1.807, 2.05) is 6.92 Å². The number of piperazine rings is 1. The van der Waals surface area contributed by atoms with Gasteiger partial charge in [0, 0.05) is 31.2 Å². The van der Waals surface area contributed by atoms with E-state index in [2.05, 4.69) is 11.2 Å². The average molecular weight is 320 g/mol. The lowest BCUT2D eigenvalue weighted by molar-refractivity contribution is 0.0706. The van der Waals surface area contributed by atoms with Gasteiger partial charge in [-0.15, -0.1) is 6.42 Å². The van der Waals surface area contributed by atoms with Crippen molar-refractivity contribution in [2.24, 2.45) is 0 Å². The van der Waals surface area contributed by atoms with Crippen LogP contribution in [0.2, 0.25) is 0 Å². The molecule has 1 aliphatic rings. The molecule has 1 unspecified atom stereocenters. The summed E-state index contributed by atoms with van der Waals surface area (Å²) in [7, 11) is 0. The van der Waals surface area contributed by atoms with Crippen molar-refractivity contribution in [3.63, 3.8) is 0 Å². The van der Waals surface area contributed by atoms with Crippen molar-refractivity contribution in [2.75, 3.05) is 26.2 Å². The van der Waals surface area contributed by atoms with Gasteiger partial charge in [0.1, 0.15) is 24.8 Å². The van der Waals surface area contributed by atoms with Gasteiger partial charge in [-0.3, -0.25) is 0 Å². The van der Waals surface area contributed by atoms with E-state index < -0.39 is 11.9 Å². The molecule has 1 aliphatic heterocycles. The second kappa shape index (κ2) is 8.39. The fourth-order valence-electron chi connectivity index (χ4n) is 2.46. The van der Waals surface area contributed by atoms with Crippen molar-refractivity contribution in [3.05, 3.63) is 29.6 Å². The Morgan fingerprint density at radius 3 is 3.13 bits per heavy atom. The standard InChI is InChI=1S/C17H21FN2O3/c1-3-9-22-15-5-6-16(18)13(10-15)12-23-17(21)20-8-7-19-11-14(20)4-2/h1,5-6,10,14,19H,4,7-9,11-12H2,2H3. The summed E-state index contributed by atoms with van der Waals surface area (Å²) in [6.45, 7) is 4.04. The Morgan fingerprint density at radius 2 is 2.39 bits per heavy atom. The third kappa shape index (κ3) is 4.60. The molecular formula is C17H21FN2O3.